The number of rotatable bonds is 3. The highest BCUT2D eigenvalue weighted by Gasteiger charge is 2.56. The zero-order valence-corrected chi connectivity index (χ0v) is 14.9. The lowest BCUT2D eigenvalue weighted by Gasteiger charge is -2.39. The van der Waals surface area contributed by atoms with Gasteiger partial charge >= 0.3 is 11.9 Å². The van der Waals surface area contributed by atoms with Crippen LogP contribution in [-0.2, 0) is 23.9 Å². The molecule has 4 aliphatic rings. The second kappa shape index (κ2) is 5.69. The van der Waals surface area contributed by atoms with E-state index in [2.05, 4.69) is 0 Å². The average Bonchev–Trinajstić information content (AvgIpc) is 2.76. The van der Waals surface area contributed by atoms with Crippen molar-refractivity contribution in [1.29, 1.82) is 0 Å². The van der Waals surface area contributed by atoms with Crippen LogP contribution in [0.1, 0.15) is 20.8 Å². The minimum absolute atomic E-state index is 0.185. The highest BCUT2D eigenvalue weighted by molar-refractivity contribution is 6.07. The Labute approximate surface area is 146 Å². The maximum atomic E-state index is 12.8. The van der Waals surface area contributed by atoms with Gasteiger partial charge < -0.3 is 9.47 Å². The summed E-state index contributed by atoms with van der Waals surface area (Å²) in [7, 11) is 2.55. The van der Waals surface area contributed by atoms with E-state index < -0.39 is 23.3 Å². The second-order valence-corrected chi connectivity index (χ2v) is 6.52. The Morgan fingerprint density at radius 3 is 2.28 bits per heavy atom. The Hall–Kier alpha value is -2.69. The Kier molecular flexibility index (Phi) is 3.90. The van der Waals surface area contributed by atoms with Crippen LogP contribution in [0.2, 0.25) is 0 Å². The fourth-order valence-electron chi connectivity index (χ4n) is 4.52. The Bertz CT molecular complexity index is 863. The molecule has 4 rings (SSSR count). The van der Waals surface area contributed by atoms with Crippen molar-refractivity contribution in [3.8, 4) is 0 Å². The van der Waals surface area contributed by atoms with Crippen molar-refractivity contribution in [3.05, 3.63) is 57.2 Å². The topological polar surface area (TPSA) is 69.7 Å². The van der Waals surface area contributed by atoms with Crippen LogP contribution in [0.25, 0.3) is 0 Å². The first kappa shape index (κ1) is 17.1. The van der Waals surface area contributed by atoms with Crippen molar-refractivity contribution in [2.75, 3.05) is 14.2 Å². The molecule has 4 aliphatic carbocycles. The number of allylic oxidation sites excluding steroid dienone is 8. The Balaban J connectivity index is 2.51. The number of aldehydes is 1. The molecule has 0 saturated carbocycles. The van der Waals surface area contributed by atoms with Crippen LogP contribution in [0.15, 0.2) is 57.2 Å². The molecule has 0 radical (unpaired) electrons. The molecule has 5 nitrogen and oxygen atoms in total. The standard InChI is InChI=1S/C20H20O5/c1-10-6-13-8-12(3)20(14(9-21)7-11(2)16(10)20)17(19(23)25-5)15(13)18(22)24-4/h6-9,13H,1-5H3/t13-,20+/m0/s1. The van der Waals surface area contributed by atoms with Gasteiger partial charge in [0.2, 0.25) is 0 Å². The molecule has 0 amide bonds. The van der Waals surface area contributed by atoms with Gasteiger partial charge in [0.1, 0.15) is 6.29 Å². The lowest BCUT2D eigenvalue weighted by molar-refractivity contribution is -0.140. The van der Waals surface area contributed by atoms with Gasteiger partial charge in [0.15, 0.2) is 0 Å². The van der Waals surface area contributed by atoms with E-state index in [4.69, 9.17) is 9.47 Å². The predicted molar refractivity (Wildman–Crippen MR) is 91.3 cm³/mol. The number of hydrogen-bond acceptors (Lipinski definition) is 5. The van der Waals surface area contributed by atoms with Gasteiger partial charge in [-0.25, -0.2) is 9.59 Å². The first-order valence-corrected chi connectivity index (χ1v) is 8.02. The van der Waals surface area contributed by atoms with Crippen molar-refractivity contribution >= 4 is 18.2 Å². The number of ether oxygens (including phenoxy) is 2. The molecule has 2 bridgehead atoms. The van der Waals surface area contributed by atoms with E-state index in [1.807, 2.05) is 32.9 Å². The molecule has 2 atom stereocenters. The summed E-state index contributed by atoms with van der Waals surface area (Å²) in [5.41, 5.74) is 3.30. The van der Waals surface area contributed by atoms with Crippen molar-refractivity contribution in [2.24, 2.45) is 11.3 Å². The molecule has 0 fully saturated rings. The van der Waals surface area contributed by atoms with Gasteiger partial charge in [-0.15, -0.1) is 0 Å². The minimum Gasteiger partial charge on any atom is -0.466 e. The van der Waals surface area contributed by atoms with Gasteiger partial charge in [-0.3, -0.25) is 4.79 Å². The van der Waals surface area contributed by atoms with Crippen molar-refractivity contribution in [3.63, 3.8) is 0 Å². The minimum atomic E-state index is -1.09. The summed E-state index contributed by atoms with van der Waals surface area (Å²) in [5, 5.41) is 0. The van der Waals surface area contributed by atoms with Crippen LogP contribution in [-0.4, -0.2) is 32.4 Å². The zero-order chi connectivity index (χ0) is 18.5. The van der Waals surface area contributed by atoms with Crippen molar-refractivity contribution in [1.82, 2.24) is 0 Å². The maximum absolute atomic E-state index is 12.8. The summed E-state index contributed by atoms with van der Waals surface area (Å²) in [4.78, 5) is 37.3. The van der Waals surface area contributed by atoms with Crippen LogP contribution < -0.4 is 0 Å². The van der Waals surface area contributed by atoms with Crippen molar-refractivity contribution < 1.29 is 23.9 Å². The molecule has 0 saturated heterocycles. The molecule has 0 heterocycles. The lowest BCUT2D eigenvalue weighted by atomic mass is 9.61. The van der Waals surface area contributed by atoms with Crippen LogP contribution in [0.3, 0.4) is 0 Å². The normalized spacial score (nSPS) is 27.2. The van der Waals surface area contributed by atoms with E-state index >= 15 is 0 Å². The predicted octanol–water partition coefficient (Wildman–Crippen LogP) is 2.61. The molecular weight excluding hydrogens is 320 g/mol. The smallest absolute Gasteiger partial charge is 0.335 e. The van der Waals surface area contributed by atoms with Crippen molar-refractivity contribution in [2.45, 2.75) is 20.8 Å². The molecule has 0 aromatic heterocycles. The molecule has 25 heavy (non-hydrogen) atoms. The SMILES string of the molecule is COC(=O)C1=C(C(=O)OC)[C@@]23C(C)=C[C@@H]1C=C(C)C2=C(C)C=C3C=O. The quantitative estimate of drug-likeness (QED) is 0.449. The number of carbonyl (C=O) groups is 3. The third-order valence-electron chi connectivity index (χ3n) is 5.32. The molecule has 130 valence electrons. The number of esters is 2. The van der Waals surface area contributed by atoms with Gasteiger partial charge in [0, 0.05) is 11.5 Å². The number of carbonyl (C=O) groups excluding carboxylic acids is 3. The Morgan fingerprint density at radius 2 is 1.72 bits per heavy atom. The average molecular weight is 340 g/mol. The fraction of sp³-hybridized carbons (Fsp3) is 0.350. The summed E-state index contributed by atoms with van der Waals surface area (Å²) >= 11 is 0. The zero-order valence-electron chi connectivity index (χ0n) is 14.9. The van der Waals surface area contributed by atoms with Crippen LogP contribution in [0, 0.1) is 11.3 Å². The molecule has 0 aliphatic heterocycles. The van der Waals surface area contributed by atoms with Crippen LogP contribution in [0.5, 0.6) is 0 Å². The van der Waals surface area contributed by atoms with Gasteiger partial charge in [-0.1, -0.05) is 23.8 Å². The van der Waals surface area contributed by atoms with Gasteiger partial charge in [-0.2, -0.15) is 0 Å². The van der Waals surface area contributed by atoms with Gasteiger partial charge in [0.05, 0.1) is 30.8 Å². The third-order valence-corrected chi connectivity index (χ3v) is 5.32. The summed E-state index contributed by atoms with van der Waals surface area (Å²) in [6.45, 7) is 5.72. The largest absolute Gasteiger partial charge is 0.466 e. The summed E-state index contributed by atoms with van der Waals surface area (Å²) in [6.07, 6.45) is 6.39. The monoisotopic (exact) mass is 340 g/mol. The molecule has 5 heteroatoms. The molecule has 1 spiro atoms. The van der Waals surface area contributed by atoms with Crippen LogP contribution >= 0.6 is 0 Å². The Morgan fingerprint density at radius 1 is 1.08 bits per heavy atom. The summed E-state index contributed by atoms with van der Waals surface area (Å²) in [6, 6.07) is 0. The molecular formula is C20H20O5. The molecule has 0 aromatic rings. The number of methoxy groups -OCH3 is 2. The molecule has 0 N–H and O–H groups in total. The highest BCUT2D eigenvalue weighted by Crippen LogP contribution is 2.61. The van der Waals surface area contributed by atoms with E-state index in [-0.39, 0.29) is 11.1 Å². The number of hydrogen-bond donors (Lipinski definition) is 0. The maximum Gasteiger partial charge on any atom is 0.335 e. The molecule has 0 aromatic carbocycles. The molecule has 0 unspecified atom stereocenters. The highest BCUT2D eigenvalue weighted by atomic mass is 16.5. The first-order valence-electron chi connectivity index (χ1n) is 8.02. The summed E-state index contributed by atoms with van der Waals surface area (Å²) < 4.78 is 9.96. The van der Waals surface area contributed by atoms with Gasteiger partial charge in [-0.05, 0) is 37.5 Å². The van der Waals surface area contributed by atoms with E-state index in [1.165, 1.54) is 14.2 Å². The van der Waals surface area contributed by atoms with E-state index in [0.717, 1.165) is 28.6 Å². The van der Waals surface area contributed by atoms with Gasteiger partial charge in [0.25, 0.3) is 0 Å². The second-order valence-electron chi connectivity index (χ2n) is 6.52. The van der Waals surface area contributed by atoms with E-state index in [0.29, 0.717) is 5.57 Å². The lowest BCUT2D eigenvalue weighted by Crippen LogP contribution is -2.38. The summed E-state index contributed by atoms with van der Waals surface area (Å²) in [5.74, 6) is -1.61. The van der Waals surface area contributed by atoms with Crippen LogP contribution in [0.4, 0.5) is 0 Å². The van der Waals surface area contributed by atoms with E-state index in [1.54, 1.807) is 6.08 Å². The van der Waals surface area contributed by atoms with E-state index in [9.17, 15) is 14.4 Å². The third kappa shape index (κ3) is 1.98. The fourth-order valence-corrected chi connectivity index (χ4v) is 4.52. The first-order chi connectivity index (χ1) is 11.8.